The van der Waals surface area contributed by atoms with Gasteiger partial charge in [-0.1, -0.05) is 222 Å². The highest BCUT2D eigenvalue weighted by atomic mass is 127. The molecule has 0 radical (unpaired) electrons. The van der Waals surface area contributed by atoms with Crippen LogP contribution in [0, 0.1) is 0 Å². The first kappa shape index (κ1) is 41.8. The van der Waals surface area contributed by atoms with Gasteiger partial charge in [0.15, 0.2) is 0 Å². The van der Waals surface area contributed by atoms with Crippen molar-refractivity contribution in [2.75, 3.05) is 11.0 Å². The molecular weight excluding hydrogens is 642 g/mol. The van der Waals surface area contributed by atoms with E-state index in [1.165, 1.54) is 197 Å². The number of halogens is 1. The molecule has 0 aliphatic carbocycles. The Hall–Kier alpha value is 0.840. The lowest BCUT2D eigenvalue weighted by Crippen LogP contribution is -1.92. The molecule has 0 heterocycles. The first-order valence-electron chi connectivity index (χ1n) is 18.3. The molecule has 0 amide bonds. The summed E-state index contributed by atoms with van der Waals surface area (Å²) in [7, 11) is -4.27. The SMILES string of the molecule is O=P(O)(O)OCCCCCCCCCCCCCCCCCCCCCCCCCCCCCCCCCCCI. The third kappa shape index (κ3) is 40.8. The Morgan fingerprint density at radius 2 is 0.512 bits per heavy atom. The van der Waals surface area contributed by atoms with Gasteiger partial charge in [0.1, 0.15) is 0 Å². The predicted octanol–water partition coefficient (Wildman–Crippen LogP) is 13.4. The van der Waals surface area contributed by atoms with Gasteiger partial charge in [-0.15, -0.1) is 0 Å². The van der Waals surface area contributed by atoms with Crippen molar-refractivity contribution in [3.8, 4) is 0 Å². The molecule has 0 aromatic heterocycles. The van der Waals surface area contributed by atoms with E-state index >= 15 is 0 Å². The van der Waals surface area contributed by atoms with Gasteiger partial charge in [-0.25, -0.2) is 4.57 Å². The van der Waals surface area contributed by atoms with Gasteiger partial charge in [0.05, 0.1) is 6.61 Å². The summed E-state index contributed by atoms with van der Waals surface area (Å²) in [6.45, 7) is 0.170. The average Bonchev–Trinajstić information content (AvgIpc) is 2.94. The fraction of sp³-hybridized carbons (Fsp3) is 1.00. The minimum atomic E-state index is -4.27. The van der Waals surface area contributed by atoms with E-state index in [2.05, 4.69) is 27.1 Å². The predicted molar refractivity (Wildman–Crippen MR) is 189 cm³/mol. The molecule has 0 unspecified atom stereocenters. The van der Waals surface area contributed by atoms with Crippen molar-refractivity contribution in [1.29, 1.82) is 0 Å². The van der Waals surface area contributed by atoms with Crippen molar-refractivity contribution in [2.45, 2.75) is 212 Å². The number of unbranched alkanes of at least 4 members (excludes halogenated alkanes) is 32. The second-order valence-corrected chi connectivity index (χ2v) is 15.0. The second-order valence-electron chi connectivity index (χ2n) is 12.7. The van der Waals surface area contributed by atoms with E-state index in [9.17, 15) is 4.57 Å². The van der Waals surface area contributed by atoms with Crippen molar-refractivity contribution in [2.24, 2.45) is 0 Å². The van der Waals surface area contributed by atoms with Crippen molar-refractivity contribution < 1.29 is 18.9 Å². The largest absolute Gasteiger partial charge is 0.469 e. The lowest BCUT2D eigenvalue weighted by atomic mass is 10.0. The highest BCUT2D eigenvalue weighted by Gasteiger charge is 2.12. The van der Waals surface area contributed by atoms with Gasteiger partial charge in [0, 0.05) is 0 Å². The van der Waals surface area contributed by atoms with Crippen LogP contribution in [0.2, 0.25) is 0 Å². The van der Waals surface area contributed by atoms with Crippen LogP contribution in [0.5, 0.6) is 0 Å². The zero-order chi connectivity index (χ0) is 30.0. The molecule has 4 nitrogen and oxygen atoms in total. The summed E-state index contributed by atoms with van der Waals surface area (Å²) in [5.41, 5.74) is 0. The van der Waals surface area contributed by atoms with Gasteiger partial charge >= 0.3 is 7.82 Å². The van der Waals surface area contributed by atoms with E-state index in [4.69, 9.17) is 9.79 Å². The number of hydrogen-bond donors (Lipinski definition) is 2. The summed E-state index contributed by atoms with van der Waals surface area (Å²) < 4.78 is 16.4. The van der Waals surface area contributed by atoms with E-state index in [1.807, 2.05) is 0 Å². The van der Waals surface area contributed by atoms with E-state index in [0.717, 1.165) is 19.3 Å². The topological polar surface area (TPSA) is 66.8 Å². The first-order chi connectivity index (χ1) is 20.1. The molecule has 0 aliphatic heterocycles. The molecule has 0 fully saturated rings. The van der Waals surface area contributed by atoms with Gasteiger partial charge in [-0.05, 0) is 17.3 Å². The molecule has 0 aromatic rings. The van der Waals surface area contributed by atoms with Gasteiger partial charge in [-0.2, -0.15) is 0 Å². The van der Waals surface area contributed by atoms with E-state index in [-0.39, 0.29) is 6.61 Å². The molecule has 0 atom stereocenters. The van der Waals surface area contributed by atoms with Crippen LogP contribution in [0.15, 0.2) is 0 Å². The summed E-state index contributed by atoms with van der Waals surface area (Å²) >= 11 is 2.49. The van der Waals surface area contributed by atoms with Crippen molar-refractivity contribution in [3.05, 3.63) is 0 Å². The van der Waals surface area contributed by atoms with E-state index in [0.29, 0.717) is 0 Å². The molecule has 0 spiro atoms. The van der Waals surface area contributed by atoms with Gasteiger partial charge in [0.2, 0.25) is 0 Å². The Labute approximate surface area is 271 Å². The van der Waals surface area contributed by atoms with Crippen LogP contribution in [0.4, 0.5) is 0 Å². The first-order valence-corrected chi connectivity index (χ1v) is 21.4. The average molecular weight is 715 g/mol. The molecule has 2 N–H and O–H groups in total. The van der Waals surface area contributed by atoms with Crippen LogP contribution in [0.3, 0.4) is 0 Å². The van der Waals surface area contributed by atoms with Crippen molar-refractivity contribution in [1.82, 2.24) is 0 Å². The number of hydrogen-bond acceptors (Lipinski definition) is 2. The van der Waals surface area contributed by atoms with Gasteiger partial charge in [-0.3, -0.25) is 4.52 Å². The Morgan fingerprint density at radius 1 is 0.341 bits per heavy atom. The molecule has 6 heteroatoms. The Balaban J connectivity index is 3.05. The summed E-state index contributed by atoms with van der Waals surface area (Å²) in [4.78, 5) is 17.3. The zero-order valence-electron chi connectivity index (χ0n) is 27.3. The van der Waals surface area contributed by atoms with E-state index < -0.39 is 7.82 Å². The minimum absolute atomic E-state index is 0.170. The highest BCUT2D eigenvalue weighted by Crippen LogP contribution is 2.35. The number of alkyl halides is 1. The zero-order valence-corrected chi connectivity index (χ0v) is 30.3. The molecule has 0 rings (SSSR count). The molecule has 0 saturated carbocycles. The summed E-state index contributed by atoms with van der Waals surface area (Å²) in [6, 6.07) is 0. The Morgan fingerprint density at radius 3 is 0.683 bits per heavy atom. The highest BCUT2D eigenvalue weighted by molar-refractivity contribution is 14.1. The van der Waals surface area contributed by atoms with Crippen LogP contribution >= 0.6 is 30.4 Å². The summed E-state index contributed by atoms with van der Waals surface area (Å²) in [5, 5.41) is 0. The molecular formula is C35H72IO4P. The molecule has 41 heavy (non-hydrogen) atoms. The maximum absolute atomic E-state index is 10.6. The molecule has 0 bridgehead atoms. The normalized spacial score (nSPS) is 12.0. The van der Waals surface area contributed by atoms with Crippen LogP contribution in [0.1, 0.15) is 212 Å². The van der Waals surface area contributed by atoms with Gasteiger partial charge < -0.3 is 9.79 Å². The minimum Gasteiger partial charge on any atom is -0.303 e. The monoisotopic (exact) mass is 714 g/mol. The van der Waals surface area contributed by atoms with E-state index in [1.54, 1.807) is 0 Å². The number of phosphoric acid groups is 1. The molecule has 0 saturated heterocycles. The fourth-order valence-corrected chi connectivity index (χ4v) is 6.77. The third-order valence-corrected chi connectivity index (χ3v) is 9.82. The molecule has 0 aromatic carbocycles. The van der Waals surface area contributed by atoms with Crippen molar-refractivity contribution >= 4 is 30.4 Å². The molecule has 248 valence electrons. The lowest BCUT2D eigenvalue weighted by Gasteiger charge is -2.05. The fourth-order valence-electron chi connectivity index (χ4n) is 5.86. The summed E-state index contributed by atoms with van der Waals surface area (Å²) in [6.07, 6.45) is 45.9. The Bertz CT molecular complexity index is 528. The smallest absolute Gasteiger partial charge is 0.303 e. The Kier molecular flexibility index (Phi) is 36.0. The second kappa shape index (κ2) is 35.3. The van der Waals surface area contributed by atoms with Gasteiger partial charge in [0.25, 0.3) is 0 Å². The number of phosphoric ester groups is 1. The van der Waals surface area contributed by atoms with Crippen LogP contribution in [-0.4, -0.2) is 20.8 Å². The molecule has 0 aliphatic rings. The third-order valence-electron chi connectivity index (χ3n) is 8.54. The maximum atomic E-state index is 10.6. The van der Waals surface area contributed by atoms with Crippen LogP contribution in [-0.2, 0) is 9.09 Å². The maximum Gasteiger partial charge on any atom is 0.469 e. The van der Waals surface area contributed by atoms with Crippen molar-refractivity contribution in [3.63, 3.8) is 0 Å². The van der Waals surface area contributed by atoms with Crippen LogP contribution < -0.4 is 0 Å². The lowest BCUT2D eigenvalue weighted by molar-refractivity contribution is 0.193. The number of rotatable bonds is 36. The quantitative estimate of drug-likeness (QED) is 0.0293. The summed E-state index contributed by atoms with van der Waals surface area (Å²) in [5.74, 6) is 0. The standard InChI is InChI=1S/C35H72IO4P/c36-34-32-30-28-26-24-22-20-18-16-14-12-10-8-6-4-2-1-3-5-7-9-11-13-15-17-19-21-23-25-27-29-31-33-35-40-41(37,38)39/h1-35H2,(H2,37,38,39). The van der Waals surface area contributed by atoms with Crippen LogP contribution in [0.25, 0.3) is 0 Å².